The zero-order chi connectivity index (χ0) is 20.7. The van der Waals surface area contributed by atoms with E-state index in [0.29, 0.717) is 18.9 Å². The van der Waals surface area contributed by atoms with Gasteiger partial charge in [0.05, 0.1) is 35.3 Å². The first-order chi connectivity index (χ1) is 14.6. The maximum absolute atomic E-state index is 12.6. The van der Waals surface area contributed by atoms with Crippen LogP contribution >= 0.6 is 11.3 Å². The summed E-state index contributed by atoms with van der Waals surface area (Å²) in [5, 5.41) is 3.78. The Labute approximate surface area is 178 Å². The lowest BCUT2D eigenvalue weighted by molar-refractivity contribution is -0.142. The van der Waals surface area contributed by atoms with Crippen molar-refractivity contribution in [2.75, 3.05) is 43.1 Å². The van der Waals surface area contributed by atoms with E-state index in [2.05, 4.69) is 15.2 Å². The van der Waals surface area contributed by atoms with Gasteiger partial charge in [0.2, 0.25) is 17.7 Å². The van der Waals surface area contributed by atoms with Crippen LogP contribution in [0.5, 0.6) is 0 Å². The second kappa shape index (κ2) is 7.96. The van der Waals surface area contributed by atoms with Crippen molar-refractivity contribution in [3.05, 3.63) is 18.2 Å². The molecule has 0 unspecified atom stereocenters. The smallest absolute Gasteiger partial charge is 0.244 e. The quantitative estimate of drug-likeness (QED) is 0.751. The van der Waals surface area contributed by atoms with E-state index >= 15 is 0 Å². The molecule has 1 saturated carbocycles. The minimum atomic E-state index is -0.354. The fraction of sp³-hybridized carbons (Fsp3) is 0.524. The maximum Gasteiger partial charge on any atom is 0.244 e. The molecule has 30 heavy (non-hydrogen) atoms. The van der Waals surface area contributed by atoms with Crippen LogP contribution in [-0.4, -0.2) is 60.5 Å². The molecule has 3 heterocycles. The maximum atomic E-state index is 12.6. The van der Waals surface area contributed by atoms with Crippen LogP contribution in [0.25, 0.3) is 10.2 Å². The topological polar surface area (TPSA) is 91.8 Å². The van der Waals surface area contributed by atoms with E-state index in [4.69, 9.17) is 4.74 Å². The van der Waals surface area contributed by atoms with Gasteiger partial charge in [-0.1, -0.05) is 24.2 Å². The largest absolute Gasteiger partial charge is 0.378 e. The number of rotatable bonds is 4. The number of nitrogens with zero attached hydrogens (tertiary/aromatic N) is 3. The zero-order valence-corrected chi connectivity index (χ0v) is 17.5. The molecule has 9 heteroatoms. The van der Waals surface area contributed by atoms with E-state index < -0.39 is 0 Å². The Hall–Kier alpha value is -2.52. The van der Waals surface area contributed by atoms with E-state index in [0.717, 1.165) is 59.0 Å². The summed E-state index contributed by atoms with van der Waals surface area (Å²) in [4.78, 5) is 45.7. The molecule has 2 saturated heterocycles. The zero-order valence-electron chi connectivity index (χ0n) is 16.6. The number of carbonyl (C=O) groups is 3. The lowest BCUT2D eigenvalue weighted by Crippen LogP contribution is -2.38. The van der Waals surface area contributed by atoms with E-state index in [1.165, 1.54) is 0 Å². The van der Waals surface area contributed by atoms with Gasteiger partial charge in [-0.3, -0.25) is 19.3 Å². The molecule has 3 amide bonds. The molecule has 8 nitrogen and oxygen atoms in total. The fourth-order valence-electron chi connectivity index (χ4n) is 4.61. The van der Waals surface area contributed by atoms with Crippen LogP contribution < -0.4 is 10.2 Å². The number of carbonyl (C=O) groups excluding carboxylic acids is 3. The van der Waals surface area contributed by atoms with Gasteiger partial charge in [0, 0.05) is 18.8 Å². The lowest BCUT2D eigenvalue weighted by Gasteiger charge is -2.25. The highest BCUT2D eigenvalue weighted by molar-refractivity contribution is 7.22. The van der Waals surface area contributed by atoms with Crippen molar-refractivity contribution in [3.63, 3.8) is 0 Å². The molecule has 2 atom stereocenters. The first kappa shape index (κ1) is 19.4. The number of imide groups is 1. The number of likely N-dealkylation sites (tertiary alicyclic amines) is 1. The van der Waals surface area contributed by atoms with Crippen molar-refractivity contribution in [1.82, 2.24) is 9.88 Å². The molecule has 1 aliphatic carbocycles. The van der Waals surface area contributed by atoms with Crippen molar-refractivity contribution < 1.29 is 19.1 Å². The highest BCUT2D eigenvalue weighted by atomic mass is 32.1. The molecule has 1 N–H and O–H groups in total. The Morgan fingerprint density at radius 3 is 2.53 bits per heavy atom. The normalized spacial score (nSPS) is 24.4. The highest BCUT2D eigenvalue weighted by Crippen LogP contribution is 2.38. The number of hydrogen-bond acceptors (Lipinski definition) is 7. The molecular weight excluding hydrogens is 404 g/mol. The summed E-state index contributed by atoms with van der Waals surface area (Å²) in [6.45, 7) is 2.83. The van der Waals surface area contributed by atoms with Crippen molar-refractivity contribution in [2.24, 2.45) is 11.8 Å². The lowest BCUT2D eigenvalue weighted by atomic mass is 9.81. The summed E-state index contributed by atoms with van der Waals surface area (Å²) in [6.07, 6.45) is 3.45. The molecule has 1 aromatic carbocycles. The standard InChI is InChI=1S/C21H24N4O4S/c26-18(12-25-19(27)14-3-1-2-4-15(14)20(25)28)22-13-5-6-16-17(11-13)30-21(23-16)24-7-9-29-10-8-24/h5-6,11,14-15H,1-4,7-10,12H2,(H,22,26)/t14-,15-/m1/s1. The number of morpholine rings is 1. The molecule has 0 spiro atoms. The van der Waals surface area contributed by atoms with Crippen LogP contribution in [0, 0.1) is 11.8 Å². The molecule has 0 radical (unpaired) electrons. The third-order valence-corrected chi connectivity index (χ3v) is 7.26. The first-order valence-electron chi connectivity index (χ1n) is 10.5. The van der Waals surface area contributed by atoms with Crippen LogP contribution in [0.15, 0.2) is 18.2 Å². The summed E-state index contributed by atoms with van der Waals surface area (Å²) in [6, 6.07) is 5.57. The summed E-state index contributed by atoms with van der Waals surface area (Å²) in [5.74, 6) is -1.19. The van der Waals surface area contributed by atoms with E-state index in [-0.39, 0.29) is 36.1 Å². The van der Waals surface area contributed by atoms with Crippen LogP contribution in [0.4, 0.5) is 10.8 Å². The van der Waals surface area contributed by atoms with Gasteiger partial charge in [-0.15, -0.1) is 0 Å². The highest BCUT2D eigenvalue weighted by Gasteiger charge is 2.48. The first-order valence-corrected chi connectivity index (χ1v) is 11.3. The summed E-state index contributed by atoms with van der Waals surface area (Å²) in [7, 11) is 0. The molecule has 3 fully saturated rings. The van der Waals surface area contributed by atoms with Crippen molar-refractivity contribution in [3.8, 4) is 0 Å². The molecule has 1 aromatic heterocycles. The van der Waals surface area contributed by atoms with E-state index in [1.807, 2.05) is 12.1 Å². The Morgan fingerprint density at radius 2 is 1.83 bits per heavy atom. The number of anilines is 2. The van der Waals surface area contributed by atoms with Gasteiger partial charge in [-0.25, -0.2) is 4.98 Å². The summed E-state index contributed by atoms with van der Waals surface area (Å²) < 4.78 is 6.37. The van der Waals surface area contributed by atoms with Crippen LogP contribution in [0.1, 0.15) is 25.7 Å². The molecule has 5 rings (SSSR count). The third-order valence-electron chi connectivity index (χ3n) is 6.18. The van der Waals surface area contributed by atoms with E-state index in [9.17, 15) is 14.4 Å². The average molecular weight is 429 g/mol. The Morgan fingerprint density at radius 1 is 1.13 bits per heavy atom. The third kappa shape index (κ3) is 3.56. The molecule has 2 aromatic rings. The number of aromatic nitrogens is 1. The van der Waals surface area contributed by atoms with Gasteiger partial charge in [0.15, 0.2) is 5.13 Å². The van der Waals surface area contributed by atoms with Gasteiger partial charge in [0.25, 0.3) is 0 Å². The number of hydrogen-bond donors (Lipinski definition) is 1. The van der Waals surface area contributed by atoms with Gasteiger partial charge in [-0.2, -0.15) is 0 Å². The number of ether oxygens (including phenoxy) is 1. The van der Waals surface area contributed by atoms with Crippen LogP contribution in [0.2, 0.25) is 0 Å². The summed E-state index contributed by atoms with van der Waals surface area (Å²) >= 11 is 1.58. The van der Waals surface area contributed by atoms with E-state index in [1.54, 1.807) is 17.4 Å². The number of benzene rings is 1. The predicted octanol–water partition coefficient (Wildman–Crippen LogP) is 2.25. The molecule has 3 aliphatic rings. The van der Waals surface area contributed by atoms with Crippen molar-refractivity contribution >= 4 is 50.1 Å². The second-order valence-electron chi connectivity index (χ2n) is 8.09. The van der Waals surface area contributed by atoms with Gasteiger partial charge >= 0.3 is 0 Å². The average Bonchev–Trinajstić information content (AvgIpc) is 3.29. The van der Waals surface area contributed by atoms with Crippen LogP contribution in [0.3, 0.4) is 0 Å². The molecule has 158 valence electrons. The monoisotopic (exact) mass is 428 g/mol. The Kier molecular flexibility index (Phi) is 5.16. The van der Waals surface area contributed by atoms with Crippen molar-refractivity contribution in [2.45, 2.75) is 25.7 Å². The molecular formula is C21H24N4O4S. The van der Waals surface area contributed by atoms with Crippen molar-refractivity contribution in [1.29, 1.82) is 0 Å². The summed E-state index contributed by atoms with van der Waals surface area (Å²) in [5.41, 5.74) is 1.52. The molecule has 2 aliphatic heterocycles. The minimum Gasteiger partial charge on any atom is -0.378 e. The number of thiazole rings is 1. The number of nitrogens with one attached hydrogen (secondary N) is 1. The SMILES string of the molecule is O=C(CN1C(=O)[C@@H]2CCCC[C@H]2C1=O)Nc1ccc2nc(N3CCOCC3)sc2c1. The predicted molar refractivity (Wildman–Crippen MR) is 113 cm³/mol. The number of amides is 3. The fourth-order valence-corrected chi connectivity index (χ4v) is 5.67. The number of fused-ring (bicyclic) bond motifs is 2. The van der Waals surface area contributed by atoms with Gasteiger partial charge < -0.3 is 15.0 Å². The Bertz CT molecular complexity index is 976. The van der Waals surface area contributed by atoms with Gasteiger partial charge in [0.1, 0.15) is 6.54 Å². The molecule has 0 bridgehead atoms. The van der Waals surface area contributed by atoms with Gasteiger partial charge in [-0.05, 0) is 31.0 Å². The van der Waals surface area contributed by atoms with Crippen LogP contribution in [-0.2, 0) is 19.1 Å². The minimum absolute atomic E-state index is 0.187. The Balaban J connectivity index is 1.26. The second-order valence-corrected chi connectivity index (χ2v) is 9.10.